The molecule has 3 aromatic carbocycles. The first-order chi connectivity index (χ1) is 21.8. The lowest BCUT2D eigenvalue weighted by molar-refractivity contribution is -0.612. The van der Waals surface area contributed by atoms with Gasteiger partial charge in [0.25, 0.3) is 5.82 Å². The van der Waals surface area contributed by atoms with E-state index in [-0.39, 0.29) is 0 Å². The zero-order valence-electron chi connectivity index (χ0n) is 27.9. The zero-order chi connectivity index (χ0) is 30.7. The normalized spacial score (nSPS) is 12.0. The van der Waals surface area contributed by atoms with Gasteiger partial charge in [-0.3, -0.25) is 0 Å². The Morgan fingerprint density at radius 3 is 1.59 bits per heavy atom. The summed E-state index contributed by atoms with van der Waals surface area (Å²) in [5.74, 6) is 1.85. The first kappa shape index (κ1) is 33.8. The number of nitrogens with zero attached hydrogens (tertiary/aromatic N) is 2. The highest BCUT2D eigenvalue weighted by Crippen LogP contribution is 2.22. The maximum atomic E-state index is 2.58. The Labute approximate surface area is 269 Å². The van der Waals surface area contributed by atoms with Crippen LogP contribution >= 0.6 is 0 Å². The van der Waals surface area contributed by atoms with Gasteiger partial charge in [0.15, 0.2) is 0 Å². The predicted molar refractivity (Wildman–Crippen MR) is 189 cm³/mol. The van der Waals surface area contributed by atoms with Crippen molar-refractivity contribution in [2.24, 2.45) is 0 Å². The Morgan fingerprint density at radius 2 is 1.05 bits per heavy atom. The minimum absolute atomic E-state index is 0.456. The molecule has 44 heavy (non-hydrogen) atoms. The van der Waals surface area contributed by atoms with Gasteiger partial charge in [-0.25, -0.2) is 4.57 Å². The lowest BCUT2D eigenvalue weighted by Gasteiger charge is -2.11. The van der Waals surface area contributed by atoms with Crippen molar-refractivity contribution >= 4 is 0 Å². The number of imidazole rings is 1. The first-order valence-corrected chi connectivity index (χ1v) is 18.0. The number of hydrogen-bond acceptors (Lipinski definition) is 0. The van der Waals surface area contributed by atoms with Crippen LogP contribution in [0.4, 0.5) is 0 Å². The van der Waals surface area contributed by atoms with Crippen LogP contribution in [0.15, 0.2) is 97.2 Å². The van der Waals surface area contributed by atoms with Gasteiger partial charge in [0.05, 0.1) is 13.0 Å². The molecule has 1 heterocycles. The van der Waals surface area contributed by atoms with Crippen molar-refractivity contribution in [3.63, 3.8) is 0 Å². The van der Waals surface area contributed by atoms with Gasteiger partial charge in [-0.05, 0) is 42.0 Å². The molecule has 4 rings (SSSR count). The Balaban J connectivity index is 1.33. The summed E-state index contributed by atoms with van der Waals surface area (Å²) < 4.78 is 5.13. The van der Waals surface area contributed by atoms with Crippen molar-refractivity contribution in [2.45, 2.75) is 135 Å². The Bertz CT molecular complexity index is 1280. The van der Waals surface area contributed by atoms with Gasteiger partial charge in [-0.15, -0.1) is 0 Å². The summed E-state index contributed by atoms with van der Waals surface area (Å²) in [6.07, 6.45) is 25.5. The van der Waals surface area contributed by atoms with Gasteiger partial charge < -0.3 is 0 Å². The predicted octanol–water partition coefficient (Wildman–Crippen LogP) is 11.6. The molecule has 0 aliphatic heterocycles. The molecule has 0 spiro atoms. The molecular formula is C42H59N2+. The molecule has 0 aliphatic carbocycles. The van der Waals surface area contributed by atoms with Crippen molar-refractivity contribution < 1.29 is 4.57 Å². The highest BCUT2D eigenvalue weighted by molar-refractivity contribution is 5.26. The summed E-state index contributed by atoms with van der Waals surface area (Å²) in [6, 6.07) is 33.0. The number of aryl methyl sites for hydroxylation is 1. The second-order valence-corrected chi connectivity index (χ2v) is 13.0. The van der Waals surface area contributed by atoms with Gasteiger partial charge in [-0.1, -0.05) is 176 Å². The molecule has 1 atom stereocenters. The lowest BCUT2D eigenvalue weighted by Crippen LogP contribution is -2.39. The molecule has 2 nitrogen and oxygen atoms in total. The Kier molecular flexibility index (Phi) is 15.4. The number of rotatable bonds is 22. The second-order valence-electron chi connectivity index (χ2n) is 13.0. The Morgan fingerprint density at radius 1 is 0.568 bits per heavy atom. The van der Waals surface area contributed by atoms with Gasteiger partial charge in [0, 0.05) is 6.42 Å². The number of hydrogen-bond donors (Lipinski definition) is 0. The van der Waals surface area contributed by atoms with Crippen LogP contribution in [0.3, 0.4) is 0 Å². The molecular weight excluding hydrogens is 532 g/mol. The molecule has 236 valence electrons. The van der Waals surface area contributed by atoms with E-state index in [9.17, 15) is 0 Å². The van der Waals surface area contributed by atoms with Crippen molar-refractivity contribution in [3.8, 4) is 5.69 Å². The monoisotopic (exact) mass is 591 g/mol. The van der Waals surface area contributed by atoms with E-state index in [1.165, 1.54) is 125 Å². The number of unbranched alkanes of at least 4 members (excludes halogenated alkanes) is 14. The van der Waals surface area contributed by atoms with E-state index >= 15 is 0 Å². The fourth-order valence-electron chi connectivity index (χ4n) is 6.66. The van der Waals surface area contributed by atoms with Crippen LogP contribution < -0.4 is 4.57 Å². The van der Waals surface area contributed by atoms with Crippen LogP contribution in [0.5, 0.6) is 0 Å². The molecule has 0 fully saturated rings. The molecule has 0 saturated heterocycles. The summed E-state index contributed by atoms with van der Waals surface area (Å²) in [5, 5.41) is 0. The molecule has 0 aliphatic rings. The summed E-state index contributed by atoms with van der Waals surface area (Å²) in [6.45, 7) is 5.76. The fourth-order valence-corrected chi connectivity index (χ4v) is 6.66. The van der Waals surface area contributed by atoms with Crippen LogP contribution in [-0.2, 0) is 19.4 Å². The van der Waals surface area contributed by atoms with Gasteiger partial charge in [-0.2, -0.15) is 4.57 Å². The van der Waals surface area contributed by atoms with E-state index in [1.54, 1.807) is 0 Å². The topological polar surface area (TPSA) is 8.81 Å². The number of para-hydroxylation sites is 1. The summed E-state index contributed by atoms with van der Waals surface area (Å²) in [5.41, 5.74) is 5.45. The molecule has 0 N–H and O–H groups in total. The van der Waals surface area contributed by atoms with Crippen molar-refractivity contribution in [2.75, 3.05) is 0 Å². The van der Waals surface area contributed by atoms with Crippen LogP contribution in [0.25, 0.3) is 5.69 Å². The second kappa shape index (κ2) is 20.0. The average molecular weight is 592 g/mol. The van der Waals surface area contributed by atoms with Crippen LogP contribution in [0.1, 0.15) is 139 Å². The third kappa shape index (κ3) is 11.4. The highest BCUT2D eigenvalue weighted by Gasteiger charge is 2.26. The van der Waals surface area contributed by atoms with E-state index in [0.29, 0.717) is 5.92 Å². The molecule has 4 aromatic rings. The third-order valence-corrected chi connectivity index (χ3v) is 9.29. The summed E-state index contributed by atoms with van der Waals surface area (Å²) >= 11 is 0. The van der Waals surface area contributed by atoms with Crippen LogP contribution in [0.2, 0.25) is 0 Å². The fraction of sp³-hybridized carbons (Fsp3) is 0.500. The standard InChI is InChI=1S/C42H59N2/c1-3-4-5-6-7-8-9-10-11-12-13-14-15-16-26-33-43-36-41(34-37(2)39-29-22-18-23-30-39)44(40-31-24-19-25-32-40)42(43)35-38-27-20-17-21-28-38/h17-25,27-32,36-37H,3-16,26,33-35H2,1-2H3/q+1. The minimum atomic E-state index is 0.456. The molecule has 1 unspecified atom stereocenters. The number of benzene rings is 3. The maximum Gasteiger partial charge on any atom is 0.266 e. The molecule has 0 bridgehead atoms. The van der Waals surface area contributed by atoms with E-state index in [4.69, 9.17) is 0 Å². The zero-order valence-corrected chi connectivity index (χ0v) is 27.9. The molecule has 0 radical (unpaired) electrons. The average Bonchev–Trinajstić information content (AvgIpc) is 3.39. The summed E-state index contributed by atoms with van der Waals surface area (Å²) in [7, 11) is 0. The molecule has 0 saturated carbocycles. The summed E-state index contributed by atoms with van der Waals surface area (Å²) in [4.78, 5) is 0. The van der Waals surface area contributed by atoms with Gasteiger partial charge >= 0.3 is 0 Å². The van der Waals surface area contributed by atoms with E-state index in [0.717, 1.165) is 19.4 Å². The van der Waals surface area contributed by atoms with Gasteiger partial charge in [0.2, 0.25) is 0 Å². The molecule has 2 heteroatoms. The van der Waals surface area contributed by atoms with E-state index in [1.807, 2.05) is 0 Å². The van der Waals surface area contributed by atoms with Crippen molar-refractivity contribution in [3.05, 3.63) is 120 Å². The smallest absolute Gasteiger partial charge is 0.233 e. The first-order valence-electron chi connectivity index (χ1n) is 18.0. The number of aromatic nitrogens is 2. The highest BCUT2D eigenvalue weighted by atomic mass is 15.2. The molecule has 1 aromatic heterocycles. The maximum absolute atomic E-state index is 2.58. The third-order valence-electron chi connectivity index (χ3n) is 9.29. The van der Waals surface area contributed by atoms with E-state index < -0.39 is 0 Å². The van der Waals surface area contributed by atoms with Crippen LogP contribution in [0, 0.1) is 0 Å². The Hall–Kier alpha value is -3.13. The quantitative estimate of drug-likeness (QED) is 0.0635. The van der Waals surface area contributed by atoms with Gasteiger partial charge in [0.1, 0.15) is 17.6 Å². The van der Waals surface area contributed by atoms with Crippen molar-refractivity contribution in [1.29, 1.82) is 0 Å². The minimum Gasteiger partial charge on any atom is -0.233 e. The largest absolute Gasteiger partial charge is 0.266 e. The van der Waals surface area contributed by atoms with Crippen LogP contribution in [-0.4, -0.2) is 4.57 Å². The SMILES string of the molecule is CCCCCCCCCCCCCCCCCn1cc(CC(C)c2ccccc2)[n+](-c2ccccc2)c1Cc1ccccc1. The molecule has 0 amide bonds. The van der Waals surface area contributed by atoms with Crippen molar-refractivity contribution in [1.82, 2.24) is 4.57 Å². The van der Waals surface area contributed by atoms with E-state index in [2.05, 4.69) is 120 Å². The lowest BCUT2D eigenvalue weighted by atomic mass is 9.96.